The lowest BCUT2D eigenvalue weighted by Crippen LogP contribution is -2.26. The predicted molar refractivity (Wildman–Crippen MR) is 62.7 cm³/mol. The first-order valence-corrected chi connectivity index (χ1v) is 6.17. The van der Waals surface area contributed by atoms with Crippen LogP contribution in [0.4, 0.5) is 0 Å². The van der Waals surface area contributed by atoms with Crippen LogP contribution in [0.2, 0.25) is 0 Å². The van der Waals surface area contributed by atoms with E-state index in [1.165, 1.54) is 18.4 Å². The van der Waals surface area contributed by atoms with Crippen molar-refractivity contribution < 1.29 is 4.79 Å². The minimum atomic E-state index is 0.351. The smallest absolute Gasteiger partial charge is 0.226 e. The van der Waals surface area contributed by atoms with Gasteiger partial charge in [-0.2, -0.15) is 0 Å². The van der Waals surface area contributed by atoms with Crippen LogP contribution in [0.3, 0.4) is 0 Å². The quantitative estimate of drug-likeness (QED) is 0.742. The fourth-order valence-electron chi connectivity index (χ4n) is 3.13. The zero-order chi connectivity index (χ0) is 11.0. The Kier molecular flexibility index (Phi) is 2.43. The molecular weight excluding hydrogens is 198 g/mol. The maximum Gasteiger partial charge on any atom is 0.226 e. The van der Waals surface area contributed by atoms with Crippen LogP contribution in [-0.4, -0.2) is 17.4 Å². The Labute approximate surface area is 96.3 Å². The van der Waals surface area contributed by atoms with Gasteiger partial charge in [-0.3, -0.25) is 4.79 Å². The van der Waals surface area contributed by atoms with Crippen LogP contribution in [0, 0.1) is 11.8 Å². The second-order valence-corrected chi connectivity index (χ2v) is 5.00. The molecule has 2 atom stereocenters. The van der Waals surface area contributed by atoms with Crippen LogP contribution in [0.5, 0.6) is 0 Å². The third-order valence-corrected chi connectivity index (χ3v) is 3.96. The van der Waals surface area contributed by atoms with Gasteiger partial charge in [0, 0.05) is 19.0 Å². The van der Waals surface area contributed by atoms with Crippen molar-refractivity contribution in [2.45, 2.75) is 25.8 Å². The summed E-state index contributed by atoms with van der Waals surface area (Å²) in [6, 6.07) is 10.3. The molecule has 1 aromatic rings. The van der Waals surface area contributed by atoms with Crippen LogP contribution in [0.15, 0.2) is 30.3 Å². The molecule has 2 fully saturated rings. The number of fused-ring (bicyclic) bond motifs is 1. The molecule has 2 unspecified atom stereocenters. The summed E-state index contributed by atoms with van der Waals surface area (Å²) in [6.45, 7) is 1.78. The van der Waals surface area contributed by atoms with E-state index in [1.807, 2.05) is 23.1 Å². The predicted octanol–water partition coefficient (Wildman–Crippen LogP) is 2.45. The number of likely N-dealkylation sites (tertiary alicyclic amines) is 1. The highest BCUT2D eigenvalue weighted by atomic mass is 16.2. The molecule has 1 aliphatic heterocycles. The van der Waals surface area contributed by atoms with Gasteiger partial charge in [0.2, 0.25) is 5.91 Å². The van der Waals surface area contributed by atoms with Crippen LogP contribution < -0.4 is 0 Å². The van der Waals surface area contributed by atoms with Crippen molar-refractivity contribution in [3.63, 3.8) is 0 Å². The van der Waals surface area contributed by atoms with Crippen molar-refractivity contribution in [3.05, 3.63) is 35.9 Å². The lowest BCUT2D eigenvalue weighted by atomic mass is 10.0. The van der Waals surface area contributed by atoms with E-state index in [-0.39, 0.29) is 0 Å². The SMILES string of the molecule is O=C1C2CCCC2CN1Cc1ccccc1. The van der Waals surface area contributed by atoms with E-state index in [0.29, 0.717) is 17.7 Å². The maximum atomic E-state index is 12.1. The summed E-state index contributed by atoms with van der Waals surface area (Å²) in [5.74, 6) is 1.39. The molecule has 16 heavy (non-hydrogen) atoms. The Morgan fingerprint density at radius 2 is 2.00 bits per heavy atom. The van der Waals surface area contributed by atoms with Crippen LogP contribution in [0.1, 0.15) is 24.8 Å². The summed E-state index contributed by atoms with van der Waals surface area (Å²) >= 11 is 0. The summed E-state index contributed by atoms with van der Waals surface area (Å²) in [7, 11) is 0. The molecule has 2 nitrogen and oxygen atoms in total. The summed E-state index contributed by atoms with van der Waals surface area (Å²) in [6.07, 6.45) is 3.62. The molecule has 2 aliphatic rings. The van der Waals surface area contributed by atoms with Gasteiger partial charge in [0.05, 0.1) is 0 Å². The number of amides is 1. The normalized spacial score (nSPS) is 28.5. The fourth-order valence-corrected chi connectivity index (χ4v) is 3.13. The molecule has 1 saturated carbocycles. The summed E-state index contributed by atoms with van der Waals surface area (Å²) in [4.78, 5) is 14.2. The van der Waals surface area contributed by atoms with Gasteiger partial charge < -0.3 is 4.90 Å². The topological polar surface area (TPSA) is 20.3 Å². The van der Waals surface area contributed by atoms with Gasteiger partial charge in [-0.25, -0.2) is 0 Å². The van der Waals surface area contributed by atoms with E-state index < -0.39 is 0 Å². The van der Waals surface area contributed by atoms with Gasteiger partial charge >= 0.3 is 0 Å². The van der Waals surface area contributed by atoms with Crippen molar-refractivity contribution >= 4 is 5.91 Å². The molecule has 0 radical (unpaired) electrons. The van der Waals surface area contributed by atoms with Crippen molar-refractivity contribution in [1.82, 2.24) is 4.90 Å². The number of benzene rings is 1. The van der Waals surface area contributed by atoms with Gasteiger partial charge in [-0.05, 0) is 24.3 Å². The van der Waals surface area contributed by atoms with E-state index in [0.717, 1.165) is 19.5 Å². The van der Waals surface area contributed by atoms with Gasteiger partial charge in [0.25, 0.3) is 0 Å². The Morgan fingerprint density at radius 3 is 2.75 bits per heavy atom. The first kappa shape index (κ1) is 9.88. The highest BCUT2D eigenvalue weighted by Gasteiger charge is 2.42. The minimum absolute atomic E-state index is 0.351. The Hall–Kier alpha value is -1.31. The van der Waals surface area contributed by atoms with Gasteiger partial charge in [-0.15, -0.1) is 0 Å². The largest absolute Gasteiger partial charge is 0.338 e. The van der Waals surface area contributed by atoms with Gasteiger partial charge in [-0.1, -0.05) is 36.8 Å². The van der Waals surface area contributed by atoms with Crippen LogP contribution >= 0.6 is 0 Å². The van der Waals surface area contributed by atoms with E-state index in [4.69, 9.17) is 0 Å². The second kappa shape index (κ2) is 3.93. The molecule has 84 valence electrons. The number of carbonyl (C=O) groups excluding carboxylic acids is 1. The van der Waals surface area contributed by atoms with Crippen molar-refractivity contribution in [1.29, 1.82) is 0 Å². The van der Waals surface area contributed by atoms with Crippen molar-refractivity contribution in [2.24, 2.45) is 11.8 Å². The number of hydrogen-bond acceptors (Lipinski definition) is 1. The molecule has 0 aromatic heterocycles. The van der Waals surface area contributed by atoms with Gasteiger partial charge in [0.15, 0.2) is 0 Å². The first-order valence-electron chi connectivity index (χ1n) is 6.17. The molecule has 0 N–H and O–H groups in total. The highest BCUT2D eigenvalue weighted by molar-refractivity contribution is 5.81. The van der Waals surface area contributed by atoms with Gasteiger partial charge in [0.1, 0.15) is 0 Å². The number of rotatable bonds is 2. The van der Waals surface area contributed by atoms with E-state index in [2.05, 4.69) is 12.1 Å². The number of nitrogens with zero attached hydrogens (tertiary/aromatic N) is 1. The zero-order valence-electron chi connectivity index (χ0n) is 9.43. The zero-order valence-corrected chi connectivity index (χ0v) is 9.43. The minimum Gasteiger partial charge on any atom is -0.338 e. The average molecular weight is 215 g/mol. The molecule has 1 aromatic carbocycles. The average Bonchev–Trinajstić information content (AvgIpc) is 2.86. The molecule has 1 saturated heterocycles. The standard InChI is InChI=1S/C14H17NO/c16-14-13-8-4-7-12(13)10-15(14)9-11-5-2-1-3-6-11/h1-3,5-6,12-13H,4,7-10H2. The Balaban J connectivity index is 1.71. The molecule has 0 bridgehead atoms. The summed E-state index contributed by atoms with van der Waals surface area (Å²) < 4.78 is 0. The fraction of sp³-hybridized carbons (Fsp3) is 0.500. The molecule has 1 aliphatic carbocycles. The summed E-state index contributed by atoms with van der Waals surface area (Å²) in [5, 5.41) is 0. The molecule has 0 spiro atoms. The maximum absolute atomic E-state index is 12.1. The molecule has 3 rings (SSSR count). The molecular formula is C14H17NO. The number of hydrogen-bond donors (Lipinski definition) is 0. The Bertz CT molecular complexity index is 387. The molecule has 2 heteroatoms. The molecule has 1 amide bonds. The monoisotopic (exact) mass is 215 g/mol. The number of carbonyl (C=O) groups is 1. The first-order chi connectivity index (χ1) is 7.84. The lowest BCUT2D eigenvalue weighted by Gasteiger charge is -2.17. The van der Waals surface area contributed by atoms with E-state index in [9.17, 15) is 4.79 Å². The lowest BCUT2D eigenvalue weighted by molar-refractivity contribution is -0.131. The third kappa shape index (κ3) is 1.62. The van der Waals surface area contributed by atoms with Crippen molar-refractivity contribution in [2.75, 3.05) is 6.54 Å². The highest BCUT2D eigenvalue weighted by Crippen LogP contribution is 2.39. The van der Waals surface area contributed by atoms with E-state index >= 15 is 0 Å². The second-order valence-electron chi connectivity index (χ2n) is 5.00. The molecule has 1 heterocycles. The van der Waals surface area contributed by atoms with Crippen LogP contribution in [0.25, 0.3) is 0 Å². The van der Waals surface area contributed by atoms with Crippen LogP contribution in [-0.2, 0) is 11.3 Å². The third-order valence-electron chi connectivity index (χ3n) is 3.96. The van der Waals surface area contributed by atoms with E-state index in [1.54, 1.807) is 0 Å². The summed E-state index contributed by atoms with van der Waals surface area (Å²) in [5.41, 5.74) is 1.25. The Morgan fingerprint density at radius 1 is 1.19 bits per heavy atom. The van der Waals surface area contributed by atoms with Crippen molar-refractivity contribution in [3.8, 4) is 0 Å².